The molecule has 0 spiro atoms. The van der Waals surface area contributed by atoms with Crippen LogP contribution >= 0.6 is 0 Å². The predicted molar refractivity (Wildman–Crippen MR) is 103 cm³/mol. The second-order valence-electron chi connectivity index (χ2n) is 6.27. The van der Waals surface area contributed by atoms with E-state index < -0.39 is 21.1 Å². The molecule has 0 aliphatic carbocycles. The predicted octanol–water partition coefficient (Wildman–Crippen LogP) is 3.86. The lowest BCUT2D eigenvalue weighted by molar-refractivity contribution is 0.101. The lowest BCUT2D eigenvalue weighted by Gasteiger charge is -2.10. The molecule has 2 aromatic rings. The van der Waals surface area contributed by atoms with Gasteiger partial charge >= 0.3 is 6.03 Å². The van der Waals surface area contributed by atoms with Crippen molar-refractivity contribution in [3.8, 4) is 0 Å². The van der Waals surface area contributed by atoms with E-state index in [2.05, 4.69) is 10.6 Å². The summed E-state index contributed by atoms with van der Waals surface area (Å²) >= 11 is 0. The van der Waals surface area contributed by atoms with Crippen LogP contribution in [-0.4, -0.2) is 25.5 Å². The molecule has 0 radical (unpaired) electrons. The summed E-state index contributed by atoms with van der Waals surface area (Å²) in [6.45, 7) is 4.76. The minimum absolute atomic E-state index is 0.0328. The first-order valence-electron chi connectivity index (χ1n) is 8.17. The van der Waals surface area contributed by atoms with Crippen LogP contribution < -0.4 is 10.6 Å². The van der Waals surface area contributed by atoms with E-state index in [1.165, 1.54) is 6.92 Å². The Morgan fingerprint density at radius 3 is 2.15 bits per heavy atom. The fourth-order valence-electron chi connectivity index (χ4n) is 2.19. The second kappa shape index (κ2) is 8.14. The van der Waals surface area contributed by atoms with Gasteiger partial charge in [-0.3, -0.25) is 4.79 Å². The summed E-state index contributed by atoms with van der Waals surface area (Å²) in [5.74, 6) is -0.115. The van der Waals surface area contributed by atoms with Crippen molar-refractivity contribution in [2.24, 2.45) is 0 Å². The molecule has 2 amide bonds. The molecule has 0 aromatic heterocycles. The van der Waals surface area contributed by atoms with Gasteiger partial charge in [0.05, 0.1) is 11.0 Å². The molecule has 2 aromatic carbocycles. The van der Waals surface area contributed by atoms with Crippen molar-refractivity contribution >= 4 is 33.0 Å². The zero-order valence-corrected chi connectivity index (χ0v) is 15.8. The number of ketones is 1. The number of anilines is 2. The maximum absolute atomic E-state index is 12.1. The largest absolute Gasteiger partial charge is 0.323 e. The van der Waals surface area contributed by atoms with E-state index in [0.717, 1.165) is 0 Å². The molecule has 0 fully saturated rings. The first kappa shape index (κ1) is 19.7. The number of hydrogen-bond acceptors (Lipinski definition) is 4. The third-order valence-electron chi connectivity index (χ3n) is 3.82. The summed E-state index contributed by atoms with van der Waals surface area (Å²) < 4.78 is 23.9. The van der Waals surface area contributed by atoms with Crippen molar-refractivity contribution in [1.82, 2.24) is 0 Å². The number of rotatable bonds is 6. The Morgan fingerprint density at radius 2 is 1.58 bits per heavy atom. The van der Waals surface area contributed by atoms with Gasteiger partial charge in [0.1, 0.15) is 0 Å². The number of Topliss-reactive ketones (excluding diaryl/α,β-unsaturated/α-hetero) is 1. The van der Waals surface area contributed by atoms with Crippen molar-refractivity contribution in [2.45, 2.75) is 31.8 Å². The summed E-state index contributed by atoms with van der Waals surface area (Å²) in [4.78, 5) is 23.4. The number of carbonyl (C=O) groups excluding carboxylic acids is 2. The Kier molecular flexibility index (Phi) is 6.15. The van der Waals surface area contributed by atoms with E-state index >= 15 is 0 Å². The minimum Gasteiger partial charge on any atom is -0.308 e. The third kappa shape index (κ3) is 5.42. The molecule has 0 heterocycles. The van der Waals surface area contributed by atoms with Crippen LogP contribution in [-0.2, 0) is 15.6 Å². The number of carbonyl (C=O) groups is 2. The summed E-state index contributed by atoms with van der Waals surface area (Å²) in [5.41, 5.74) is 2.23. The van der Waals surface area contributed by atoms with E-state index in [1.807, 2.05) is 0 Å². The summed E-state index contributed by atoms with van der Waals surface area (Å²) in [7, 11) is -3.17. The van der Waals surface area contributed by atoms with Gasteiger partial charge in [-0.15, -0.1) is 0 Å². The number of amides is 2. The molecule has 0 unspecified atom stereocenters. The number of benzene rings is 2. The Morgan fingerprint density at radius 1 is 0.962 bits per heavy atom. The van der Waals surface area contributed by atoms with Crippen LogP contribution in [0.5, 0.6) is 0 Å². The molecule has 138 valence electrons. The maximum atomic E-state index is 12.1. The van der Waals surface area contributed by atoms with E-state index in [9.17, 15) is 18.0 Å². The van der Waals surface area contributed by atoms with Crippen LogP contribution in [0.15, 0.2) is 48.5 Å². The Balaban J connectivity index is 1.99. The van der Waals surface area contributed by atoms with Gasteiger partial charge in [0.2, 0.25) is 0 Å². The maximum Gasteiger partial charge on any atom is 0.323 e. The van der Waals surface area contributed by atoms with Crippen LogP contribution in [0.2, 0.25) is 0 Å². The quantitative estimate of drug-likeness (QED) is 0.751. The molecule has 0 saturated carbocycles. The highest BCUT2D eigenvalue weighted by atomic mass is 32.2. The molecular weight excluding hydrogens is 352 g/mol. The standard InChI is InChI=1S/C19H22N2O4S/c1-13(2)26(24,25)12-15-7-9-17(10-8-15)20-19(23)21-18-6-4-5-16(11-18)14(3)22/h4-11,13H,12H2,1-3H3,(H2,20,21,23). The number of hydrogen-bond donors (Lipinski definition) is 2. The first-order valence-corrected chi connectivity index (χ1v) is 9.88. The highest BCUT2D eigenvalue weighted by molar-refractivity contribution is 7.91. The zero-order chi connectivity index (χ0) is 19.3. The highest BCUT2D eigenvalue weighted by Gasteiger charge is 2.16. The lowest BCUT2D eigenvalue weighted by atomic mass is 10.1. The van der Waals surface area contributed by atoms with Crippen LogP contribution in [0.1, 0.15) is 36.7 Å². The van der Waals surface area contributed by atoms with Crippen LogP contribution in [0.4, 0.5) is 16.2 Å². The summed E-state index contributed by atoms with van der Waals surface area (Å²) in [6.07, 6.45) is 0. The second-order valence-corrected chi connectivity index (χ2v) is 8.83. The van der Waals surface area contributed by atoms with Gasteiger partial charge in [-0.2, -0.15) is 0 Å². The van der Waals surface area contributed by atoms with Gasteiger partial charge in [0.25, 0.3) is 0 Å². The monoisotopic (exact) mass is 374 g/mol. The summed E-state index contributed by atoms with van der Waals surface area (Å²) in [5, 5.41) is 4.89. The number of sulfone groups is 1. The average molecular weight is 374 g/mol. The van der Waals surface area contributed by atoms with Gasteiger partial charge in [0.15, 0.2) is 15.6 Å². The van der Waals surface area contributed by atoms with Gasteiger partial charge < -0.3 is 10.6 Å². The minimum atomic E-state index is -3.17. The molecule has 0 aliphatic rings. The van der Waals surface area contributed by atoms with Crippen LogP contribution in [0.25, 0.3) is 0 Å². The van der Waals surface area contributed by atoms with Gasteiger partial charge in [-0.05, 0) is 50.6 Å². The third-order valence-corrected chi connectivity index (χ3v) is 6.00. The summed E-state index contributed by atoms with van der Waals surface area (Å²) in [6, 6.07) is 12.8. The average Bonchev–Trinajstić information content (AvgIpc) is 2.56. The van der Waals surface area contributed by atoms with Crippen LogP contribution in [0, 0.1) is 0 Å². The first-order chi connectivity index (χ1) is 12.2. The molecule has 2 N–H and O–H groups in total. The van der Waals surface area contributed by atoms with E-state index in [0.29, 0.717) is 22.5 Å². The van der Waals surface area contributed by atoms with Crippen molar-refractivity contribution < 1.29 is 18.0 Å². The molecule has 26 heavy (non-hydrogen) atoms. The van der Waals surface area contributed by atoms with Gasteiger partial charge in [0, 0.05) is 16.9 Å². The molecule has 0 saturated heterocycles. The number of urea groups is 1. The molecule has 0 atom stereocenters. The highest BCUT2D eigenvalue weighted by Crippen LogP contribution is 2.16. The molecular formula is C19H22N2O4S. The smallest absolute Gasteiger partial charge is 0.308 e. The van der Waals surface area contributed by atoms with Crippen molar-refractivity contribution in [3.05, 3.63) is 59.7 Å². The number of nitrogens with one attached hydrogen (secondary N) is 2. The SMILES string of the molecule is CC(=O)c1cccc(NC(=O)Nc2ccc(CS(=O)(=O)C(C)C)cc2)c1. The molecule has 2 rings (SSSR count). The molecule has 7 heteroatoms. The van der Waals surface area contributed by atoms with Crippen molar-refractivity contribution in [1.29, 1.82) is 0 Å². The fourth-order valence-corrected chi connectivity index (χ4v) is 3.18. The Labute approximate surface area is 153 Å². The van der Waals surface area contributed by atoms with Crippen LogP contribution in [0.3, 0.4) is 0 Å². The van der Waals surface area contributed by atoms with E-state index in [4.69, 9.17) is 0 Å². The Hall–Kier alpha value is -2.67. The van der Waals surface area contributed by atoms with Gasteiger partial charge in [-0.1, -0.05) is 24.3 Å². The van der Waals surface area contributed by atoms with E-state index in [1.54, 1.807) is 62.4 Å². The van der Waals surface area contributed by atoms with Gasteiger partial charge in [-0.25, -0.2) is 13.2 Å². The van der Waals surface area contributed by atoms with E-state index in [-0.39, 0.29) is 11.5 Å². The van der Waals surface area contributed by atoms with Crippen molar-refractivity contribution in [3.63, 3.8) is 0 Å². The molecule has 0 bridgehead atoms. The normalized spacial score (nSPS) is 11.2. The van der Waals surface area contributed by atoms with Crippen molar-refractivity contribution in [2.75, 3.05) is 10.6 Å². The fraction of sp³-hybridized carbons (Fsp3) is 0.263. The topological polar surface area (TPSA) is 92.3 Å². The zero-order valence-electron chi connectivity index (χ0n) is 14.9. The molecule has 0 aliphatic heterocycles. The molecule has 6 nitrogen and oxygen atoms in total. The Bertz CT molecular complexity index is 903. The lowest BCUT2D eigenvalue weighted by Crippen LogP contribution is -2.19.